The van der Waals surface area contributed by atoms with Gasteiger partial charge >= 0.3 is 0 Å². The van der Waals surface area contributed by atoms with Crippen LogP contribution in [-0.4, -0.2) is 32.5 Å². The maximum absolute atomic E-state index is 11.9. The molecule has 14 heavy (non-hydrogen) atoms. The number of hydrogen-bond acceptors (Lipinski definition) is 4. The van der Waals surface area contributed by atoms with E-state index in [0.717, 1.165) is 19.5 Å². The van der Waals surface area contributed by atoms with Crippen LogP contribution < -0.4 is 5.32 Å². The molecule has 0 spiro atoms. The average Bonchev–Trinajstić information content (AvgIpc) is 2.69. The molecule has 2 atom stereocenters. The van der Waals surface area contributed by atoms with E-state index >= 15 is 0 Å². The molecule has 1 unspecified atom stereocenters. The van der Waals surface area contributed by atoms with Crippen molar-refractivity contribution >= 4 is 22.4 Å². The lowest BCUT2D eigenvalue weighted by atomic mass is 10.4. The third-order valence-electron chi connectivity index (χ3n) is 2.12. The van der Waals surface area contributed by atoms with Gasteiger partial charge in [-0.05, 0) is 30.6 Å². The van der Waals surface area contributed by atoms with Gasteiger partial charge in [-0.1, -0.05) is 0 Å². The van der Waals surface area contributed by atoms with Crippen molar-refractivity contribution in [2.24, 2.45) is 0 Å². The maximum Gasteiger partial charge on any atom is 0.223 e. The van der Waals surface area contributed by atoms with Crippen LogP contribution in [0.5, 0.6) is 0 Å². The standard InChI is InChI=1S/C8H10ClN3OS/c9-8-11-4-2-7(12-8)14(13)6-1-3-10-5-6/h2,4,6,10H,1,3,5H2/t6-,14?/m1/s1. The van der Waals surface area contributed by atoms with Crippen LogP contribution in [0.2, 0.25) is 5.28 Å². The first-order chi connectivity index (χ1) is 6.77. The molecule has 0 saturated carbocycles. The molecule has 2 heterocycles. The van der Waals surface area contributed by atoms with E-state index in [-0.39, 0.29) is 10.5 Å². The molecule has 0 bridgehead atoms. The molecular formula is C8H10ClN3OS. The lowest BCUT2D eigenvalue weighted by Gasteiger charge is -2.06. The number of aromatic nitrogens is 2. The topological polar surface area (TPSA) is 54.9 Å². The molecule has 76 valence electrons. The maximum atomic E-state index is 11.9. The summed E-state index contributed by atoms with van der Waals surface area (Å²) < 4.78 is 11.9. The van der Waals surface area contributed by atoms with Gasteiger partial charge in [0, 0.05) is 12.7 Å². The summed E-state index contributed by atoms with van der Waals surface area (Å²) in [4.78, 5) is 7.70. The molecule has 1 aromatic rings. The fraction of sp³-hybridized carbons (Fsp3) is 0.500. The summed E-state index contributed by atoms with van der Waals surface area (Å²) in [5, 5.41) is 4.00. The molecule has 1 aromatic heterocycles. The van der Waals surface area contributed by atoms with Crippen molar-refractivity contribution in [3.8, 4) is 0 Å². The van der Waals surface area contributed by atoms with Crippen LogP contribution in [0.4, 0.5) is 0 Å². The smallest absolute Gasteiger partial charge is 0.223 e. The second-order valence-corrected chi connectivity index (χ2v) is 5.09. The molecule has 1 aliphatic rings. The highest BCUT2D eigenvalue weighted by Gasteiger charge is 2.23. The lowest BCUT2D eigenvalue weighted by Crippen LogP contribution is -2.19. The molecule has 1 saturated heterocycles. The van der Waals surface area contributed by atoms with Crippen molar-refractivity contribution < 1.29 is 4.21 Å². The van der Waals surface area contributed by atoms with Crippen LogP contribution in [0.15, 0.2) is 17.3 Å². The van der Waals surface area contributed by atoms with Gasteiger partial charge in [-0.25, -0.2) is 9.97 Å². The zero-order valence-corrected chi connectivity index (χ0v) is 9.01. The molecule has 0 aromatic carbocycles. The van der Waals surface area contributed by atoms with Gasteiger partial charge < -0.3 is 5.32 Å². The van der Waals surface area contributed by atoms with Gasteiger partial charge in [0.25, 0.3) is 0 Å². The van der Waals surface area contributed by atoms with Crippen molar-refractivity contribution in [2.75, 3.05) is 13.1 Å². The molecule has 6 heteroatoms. The normalized spacial score (nSPS) is 23.6. The first-order valence-electron chi connectivity index (χ1n) is 4.37. The van der Waals surface area contributed by atoms with Crippen LogP contribution >= 0.6 is 11.6 Å². The quantitative estimate of drug-likeness (QED) is 0.598. The number of halogens is 1. The summed E-state index contributed by atoms with van der Waals surface area (Å²) in [6.07, 6.45) is 2.46. The van der Waals surface area contributed by atoms with Crippen molar-refractivity contribution in [1.29, 1.82) is 0 Å². The van der Waals surface area contributed by atoms with E-state index in [1.165, 1.54) is 6.20 Å². The lowest BCUT2D eigenvalue weighted by molar-refractivity contribution is 0.669. The second-order valence-electron chi connectivity index (χ2n) is 3.08. The molecule has 2 rings (SSSR count). The van der Waals surface area contributed by atoms with Crippen molar-refractivity contribution in [1.82, 2.24) is 15.3 Å². The molecular weight excluding hydrogens is 222 g/mol. The van der Waals surface area contributed by atoms with E-state index in [4.69, 9.17) is 11.6 Å². The van der Waals surface area contributed by atoms with Crippen molar-refractivity contribution in [2.45, 2.75) is 16.7 Å². The Hall–Kier alpha value is -0.520. The van der Waals surface area contributed by atoms with E-state index in [0.29, 0.717) is 5.03 Å². The second kappa shape index (κ2) is 4.33. The first kappa shape index (κ1) is 10.0. The van der Waals surface area contributed by atoms with Crippen LogP contribution in [0.1, 0.15) is 6.42 Å². The number of nitrogens with one attached hydrogen (secondary N) is 1. The number of nitrogens with zero attached hydrogens (tertiary/aromatic N) is 2. The van der Waals surface area contributed by atoms with Crippen LogP contribution in [0.3, 0.4) is 0 Å². The Morgan fingerprint density at radius 3 is 3.14 bits per heavy atom. The Kier molecular flexibility index (Phi) is 3.10. The summed E-state index contributed by atoms with van der Waals surface area (Å²) in [7, 11) is -1.07. The van der Waals surface area contributed by atoms with Gasteiger partial charge in [0.2, 0.25) is 5.28 Å². The molecule has 1 aliphatic heterocycles. The monoisotopic (exact) mass is 231 g/mol. The highest BCUT2D eigenvalue weighted by Crippen LogP contribution is 2.14. The van der Waals surface area contributed by atoms with E-state index in [1.54, 1.807) is 6.07 Å². The first-order valence-corrected chi connectivity index (χ1v) is 5.96. The molecule has 0 amide bonds. The highest BCUT2D eigenvalue weighted by molar-refractivity contribution is 7.85. The van der Waals surface area contributed by atoms with Crippen molar-refractivity contribution in [3.63, 3.8) is 0 Å². The molecule has 1 fully saturated rings. The number of rotatable bonds is 2. The molecule has 4 nitrogen and oxygen atoms in total. The summed E-state index contributed by atoms with van der Waals surface area (Å²) in [6, 6.07) is 1.65. The molecule has 1 N–H and O–H groups in total. The van der Waals surface area contributed by atoms with Gasteiger partial charge in [-0.3, -0.25) is 4.21 Å². The van der Waals surface area contributed by atoms with E-state index in [1.807, 2.05) is 0 Å². The minimum absolute atomic E-state index is 0.154. The van der Waals surface area contributed by atoms with Gasteiger partial charge in [-0.2, -0.15) is 0 Å². The van der Waals surface area contributed by atoms with E-state index < -0.39 is 10.8 Å². The van der Waals surface area contributed by atoms with Crippen molar-refractivity contribution in [3.05, 3.63) is 17.5 Å². The minimum atomic E-state index is -1.07. The Morgan fingerprint density at radius 2 is 2.50 bits per heavy atom. The predicted molar refractivity (Wildman–Crippen MR) is 54.7 cm³/mol. The fourth-order valence-electron chi connectivity index (χ4n) is 1.41. The highest BCUT2D eigenvalue weighted by atomic mass is 35.5. The van der Waals surface area contributed by atoms with E-state index in [9.17, 15) is 4.21 Å². The van der Waals surface area contributed by atoms with Crippen LogP contribution in [0, 0.1) is 0 Å². The zero-order valence-electron chi connectivity index (χ0n) is 7.44. The minimum Gasteiger partial charge on any atom is -0.315 e. The SMILES string of the molecule is O=S(c1ccnc(Cl)n1)[C@@H]1CCNC1. The largest absolute Gasteiger partial charge is 0.315 e. The third kappa shape index (κ3) is 2.10. The molecule has 0 radical (unpaired) electrons. The summed E-state index contributed by atoms with van der Waals surface area (Å²) in [5.41, 5.74) is 0. The Bertz CT molecular complexity index is 354. The van der Waals surface area contributed by atoms with Gasteiger partial charge in [0.15, 0.2) is 0 Å². The Morgan fingerprint density at radius 1 is 1.64 bits per heavy atom. The van der Waals surface area contributed by atoms with Gasteiger partial charge in [-0.15, -0.1) is 0 Å². The third-order valence-corrected chi connectivity index (χ3v) is 3.95. The summed E-state index contributed by atoms with van der Waals surface area (Å²) in [5.74, 6) is 0. The Balaban J connectivity index is 2.17. The van der Waals surface area contributed by atoms with Gasteiger partial charge in [0.1, 0.15) is 5.03 Å². The molecule has 0 aliphatic carbocycles. The zero-order chi connectivity index (χ0) is 9.97. The van der Waals surface area contributed by atoms with Crippen LogP contribution in [-0.2, 0) is 10.8 Å². The Labute approximate surface area is 89.6 Å². The van der Waals surface area contributed by atoms with Crippen LogP contribution in [0.25, 0.3) is 0 Å². The van der Waals surface area contributed by atoms with Gasteiger partial charge in [0.05, 0.1) is 16.0 Å². The summed E-state index contributed by atoms with van der Waals surface area (Å²) >= 11 is 5.62. The number of hydrogen-bond donors (Lipinski definition) is 1. The predicted octanol–water partition coefficient (Wildman–Crippen LogP) is 0.599. The van der Waals surface area contributed by atoms with E-state index in [2.05, 4.69) is 15.3 Å². The summed E-state index contributed by atoms with van der Waals surface area (Å²) in [6.45, 7) is 1.71. The fourth-order valence-corrected chi connectivity index (χ4v) is 2.92. The average molecular weight is 232 g/mol.